The van der Waals surface area contributed by atoms with Gasteiger partial charge in [-0.2, -0.15) is 0 Å². The van der Waals surface area contributed by atoms with Gasteiger partial charge in [0.25, 0.3) is 15.9 Å². The molecule has 1 aromatic heterocycles. The van der Waals surface area contributed by atoms with Crippen LogP contribution >= 0.6 is 0 Å². The smallest absolute Gasteiger partial charge is 0.261 e. The van der Waals surface area contributed by atoms with Crippen molar-refractivity contribution in [3.8, 4) is 17.1 Å². The summed E-state index contributed by atoms with van der Waals surface area (Å²) in [5, 5.41) is 12.2. The number of halogens is 1. The molecule has 10 heteroatoms. The molecule has 172 valence electrons. The van der Waals surface area contributed by atoms with Crippen molar-refractivity contribution in [1.29, 1.82) is 0 Å². The highest BCUT2D eigenvalue weighted by Crippen LogP contribution is 2.21. The second-order valence-electron chi connectivity index (χ2n) is 7.39. The maximum Gasteiger partial charge on any atom is 0.261 e. The highest BCUT2D eigenvalue weighted by Gasteiger charge is 2.16. The van der Waals surface area contributed by atoms with Crippen molar-refractivity contribution in [3.05, 3.63) is 96.1 Å². The van der Waals surface area contributed by atoms with Gasteiger partial charge in [-0.1, -0.05) is 12.1 Å². The van der Waals surface area contributed by atoms with Crippen molar-refractivity contribution in [2.45, 2.75) is 11.8 Å². The first-order valence-corrected chi connectivity index (χ1v) is 11.5. The zero-order valence-corrected chi connectivity index (χ0v) is 18.7. The number of carbonyl (C=O) groups excluding carboxylic acids is 1. The summed E-state index contributed by atoms with van der Waals surface area (Å²) in [6, 6.07) is 15.8. The maximum atomic E-state index is 13.4. The van der Waals surface area contributed by atoms with Crippen LogP contribution < -0.4 is 10.0 Å². The minimum Gasteiger partial charge on any atom is -0.508 e. The lowest BCUT2D eigenvalue weighted by Crippen LogP contribution is -2.14. The molecule has 0 bridgehead atoms. The second kappa shape index (κ2) is 9.28. The summed E-state index contributed by atoms with van der Waals surface area (Å²) in [4.78, 5) is 20.8. The molecule has 3 N–H and O–H groups in total. The fourth-order valence-corrected chi connectivity index (χ4v) is 4.22. The molecule has 0 fully saturated rings. The van der Waals surface area contributed by atoms with Crippen LogP contribution in [0.1, 0.15) is 15.9 Å². The molecular weight excluding hydrogens is 459 g/mol. The molecule has 0 aliphatic heterocycles. The third-order valence-corrected chi connectivity index (χ3v) is 6.23. The van der Waals surface area contributed by atoms with E-state index in [1.807, 2.05) is 0 Å². The number of nitrogens with zero attached hydrogens (tertiary/aromatic N) is 2. The molecule has 1 heterocycles. The monoisotopic (exact) mass is 478 g/mol. The molecule has 0 saturated carbocycles. The van der Waals surface area contributed by atoms with E-state index in [1.54, 1.807) is 12.1 Å². The number of aromatic hydroxyl groups is 1. The van der Waals surface area contributed by atoms with Crippen LogP contribution in [0.5, 0.6) is 5.75 Å². The van der Waals surface area contributed by atoms with Crippen LogP contribution in [0.4, 0.5) is 15.8 Å². The lowest BCUT2D eigenvalue weighted by molar-refractivity contribution is 0.102. The van der Waals surface area contributed by atoms with E-state index < -0.39 is 21.7 Å². The normalized spacial score (nSPS) is 11.1. The lowest BCUT2D eigenvalue weighted by Gasteiger charge is -2.10. The Morgan fingerprint density at radius 2 is 1.65 bits per heavy atom. The molecule has 34 heavy (non-hydrogen) atoms. The van der Waals surface area contributed by atoms with Crippen LogP contribution in [-0.2, 0) is 10.0 Å². The molecule has 0 saturated heterocycles. The third kappa shape index (κ3) is 5.18. The number of aromatic nitrogens is 2. The quantitative estimate of drug-likeness (QED) is 0.379. The van der Waals surface area contributed by atoms with Gasteiger partial charge in [-0.05, 0) is 67.1 Å². The first kappa shape index (κ1) is 22.9. The van der Waals surface area contributed by atoms with Crippen LogP contribution in [0.15, 0.2) is 84.0 Å². The van der Waals surface area contributed by atoms with Crippen molar-refractivity contribution < 1.29 is 22.7 Å². The third-order valence-electron chi connectivity index (χ3n) is 4.85. The van der Waals surface area contributed by atoms with Gasteiger partial charge in [-0.3, -0.25) is 9.52 Å². The van der Waals surface area contributed by atoms with E-state index in [4.69, 9.17) is 0 Å². The molecule has 0 unspecified atom stereocenters. The molecule has 4 rings (SSSR count). The number of nitrogens with one attached hydrogen (secondary N) is 2. The lowest BCUT2D eigenvalue weighted by atomic mass is 10.2. The highest BCUT2D eigenvalue weighted by atomic mass is 32.2. The Morgan fingerprint density at radius 3 is 2.29 bits per heavy atom. The Bertz CT molecular complexity index is 1460. The fourth-order valence-electron chi connectivity index (χ4n) is 3.08. The summed E-state index contributed by atoms with van der Waals surface area (Å²) in [6.07, 6.45) is 2.88. The summed E-state index contributed by atoms with van der Waals surface area (Å²) in [7, 11) is -3.91. The van der Waals surface area contributed by atoms with E-state index in [0.717, 1.165) is 6.07 Å². The number of amides is 1. The number of carbonyl (C=O) groups is 1. The van der Waals surface area contributed by atoms with Gasteiger partial charge in [0, 0.05) is 16.8 Å². The van der Waals surface area contributed by atoms with E-state index in [1.165, 1.54) is 67.8 Å². The Hall–Kier alpha value is -4.31. The minimum absolute atomic E-state index is 0.0672. The van der Waals surface area contributed by atoms with E-state index >= 15 is 0 Å². The summed E-state index contributed by atoms with van der Waals surface area (Å²) in [5.74, 6) is -0.440. The van der Waals surface area contributed by atoms with Crippen LogP contribution in [0, 0.1) is 12.7 Å². The van der Waals surface area contributed by atoms with E-state index in [2.05, 4.69) is 20.0 Å². The van der Waals surface area contributed by atoms with Crippen molar-refractivity contribution in [1.82, 2.24) is 9.97 Å². The summed E-state index contributed by atoms with van der Waals surface area (Å²) in [5.41, 5.74) is 1.75. The average molecular weight is 479 g/mol. The largest absolute Gasteiger partial charge is 0.508 e. The molecule has 0 radical (unpaired) electrons. The van der Waals surface area contributed by atoms with Gasteiger partial charge in [0.1, 0.15) is 11.6 Å². The Labute approximate surface area is 195 Å². The van der Waals surface area contributed by atoms with Gasteiger partial charge >= 0.3 is 0 Å². The molecule has 4 aromatic rings. The number of aryl methyl sites for hydroxylation is 1. The van der Waals surface area contributed by atoms with Gasteiger partial charge in [-0.25, -0.2) is 22.8 Å². The van der Waals surface area contributed by atoms with E-state index in [-0.39, 0.29) is 27.5 Å². The minimum atomic E-state index is -3.91. The standard InChI is InChI=1S/C24H19FN4O4S/c1-15-11-21(9-10-22(15)25)34(32,33)29-18-7-5-16(6-8-18)24(31)28-19-13-26-23(27-14-19)17-3-2-4-20(30)12-17/h2-14,29-30H,1H3,(H,28,31). The van der Waals surface area contributed by atoms with Crippen LogP contribution in [0.25, 0.3) is 11.4 Å². The zero-order valence-electron chi connectivity index (χ0n) is 17.9. The van der Waals surface area contributed by atoms with Crippen molar-refractivity contribution in [3.63, 3.8) is 0 Å². The predicted octanol–water partition coefficient (Wildman–Crippen LogP) is 4.35. The molecule has 0 aliphatic rings. The number of benzene rings is 3. The average Bonchev–Trinajstić information content (AvgIpc) is 2.81. The number of rotatable bonds is 6. The fraction of sp³-hybridized carbons (Fsp3) is 0.0417. The van der Waals surface area contributed by atoms with Crippen LogP contribution in [0.3, 0.4) is 0 Å². The van der Waals surface area contributed by atoms with Crippen LogP contribution in [-0.4, -0.2) is 29.4 Å². The topological polar surface area (TPSA) is 121 Å². The second-order valence-corrected chi connectivity index (χ2v) is 9.08. The summed E-state index contributed by atoms with van der Waals surface area (Å²) < 4.78 is 40.9. The van der Waals surface area contributed by atoms with Gasteiger partial charge in [-0.15, -0.1) is 0 Å². The van der Waals surface area contributed by atoms with E-state index in [0.29, 0.717) is 17.1 Å². The van der Waals surface area contributed by atoms with Gasteiger partial charge in [0.05, 0.1) is 23.0 Å². The zero-order chi connectivity index (χ0) is 24.3. The molecular formula is C24H19FN4O4S. The Morgan fingerprint density at radius 1 is 0.941 bits per heavy atom. The van der Waals surface area contributed by atoms with Gasteiger partial charge < -0.3 is 10.4 Å². The Kier molecular flexibility index (Phi) is 6.24. The maximum absolute atomic E-state index is 13.4. The molecule has 0 aliphatic carbocycles. The SMILES string of the molecule is Cc1cc(S(=O)(=O)Nc2ccc(C(=O)Nc3cnc(-c4cccc(O)c4)nc3)cc2)ccc1F. The van der Waals surface area contributed by atoms with Gasteiger partial charge in [0.15, 0.2) is 5.82 Å². The van der Waals surface area contributed by atoms with Crippen LogP contribution in [0.2, 0.25) is 0 Å². The first-order valence-electron chi connectivity index (χ1n) is 10.0. The molecule has 0 atom stereocenters. The highest BCUT2D eigenvalue weighted by molar-refractivity contribution is 7.92. The van der Waals surface area contributed by atoms with E-state index in [9.17, 15) is 22.7 Å². The van der Waals surface area contributed by atoms with Gasteiger partial charge in [0.2, 0.25) is 0 Å². The summed E-state index contributed by atoms with van der Waals surface area (Å²) >= 11 is 0. The molecule has 1 amide bonds. The number of phenols is 1. The Balaban J connectivity index is 1.42. The first-order chi connectivity index (χ1) is 16.2. The number of phenolic OH excluding ortho intramolecular Hbond substituents is 1. The number of sulfonamides is 1. The molecule has 8 nitrogen and oxygen atoms in total. The predicted molar refractivity (Wildman–Crippen MR) is 125 cm³/mol. The molecule has 3 aromatic carbocycles. The van der Waals surface area contributed by atoms with Crippen molar-refractivity contribution >= 4 is 27.3 Å². The van der Waals surface area contributed by atoms with Crippen molar-refractivity contribution in [2.75, 3.05) is 10.0 Å². The number of hydrogen-bond donors (Lipinski definition) is 3. The summed E-state index contributed by atoms with van der Waals surface area (Å²) in [6.45, 7) is 1.48. The molecule has 0 spiro atoms. The number of hydrogen-bond acceptors (Lipinski definition) is 6. The van der Waals surface area contributed by atoms with Crippen molar-refractivity contribution in [2.24, 2.45) is 0 Å². The number of anilines is 2.